The Kier molecular flexibility index (Phi) is 7.10. The molecule has 1 rings (SSSR count). The normalized spacial score (nSPS) is 11.5. The van der Waals surface area contributed by atoms with Crippen LogP contribution in [0, 0.1) is 0 Å². The Balaban J connectivity index is 2.23. The van der Waals surface area contributed by atoms with Gasteiger partial charge in [0.1, 0.15) is 0 Å². The molecule has 8 heteroatoms. The van der Waals surface area contributed by atoms with Crippen molar-refractivity contribution in [3.63, 3.8) is 0 Å². The molecule has 0 unspecified atom stereocenters. The summed E-state index contributed by atoms with van der Waals surface area (Å²) in [6.07, 6.45) is -1.73. The molecule has 0 heterocycles. The van der Waals surface area contributed by atoms with Gasteiger partial charge in [0.2, 0.25) is 5.91 Å². The van der Waals surface area contributed by atoms with Gasteiger partial charge in [0, 0.05) is 23.6 Å². The predicted molar refractivity (Wildman–Crippen MR) is 79.9 cm³/mol. The summed E-state index contributed by atoms with van der Waals surface area (Å²) in [4.78, 5) is 22.0. The lowest BCUT2D eigenvalue weighted by Gasteiger charge is -2.07. The molecule has 0 saturated carbocycles. The average molecular weight is 379 g/mol. The molecule has 0 fully saturated rings. The van der Waals surface area contributed by atoms with Crippen LogP contribution >= 0.6 is 15.9 Å². The predicted octanol–water partition coefficient (Wildman–Crippen LogP) is 2.65. The molecular weight excluding hydrogens is 365 g/mol. The highest BCUT2D eigenvalue weighted by molar-refractivity contribution is 9.10. The van der Waals surface area contributed by atoms with Crippen molar-refractivity contribution in [1.82, 2.24) is 10.6 Å². The molecule has 1 aromatic rings. The monoisotopic (exact) mass is 378 g/mol. The zero-order valence-electron chi connectivity index (χ0n) is 11.4. The van der Waals surface area contributed by atoms with Gasteiger partial charge in [-0.05, 0) is 30.2 Å². The molecule has 0 aliphatic rings. The summed E-state index contributed by atoms with van der Waals surface area (Å²) in [6.45, 7) is 0.00770. The molecule has 4 nitrogen and oxygen atoms in total. The number of amides is 2. The van der Waals surface area contributed by atoms with Gasteiger partial charge < -0.3 is 10.6 Å². The van der Waals surface area contributed by atoms with Crippen LogP contribution in [0.15, 0.2) is 34.8 Å². The van der Waals surface area contributed by atoms with Crippen molar-refractivity contribution in [2.75, 3.05) is 13.1 Å². The first-order valence-electron chi connectivity index (χ1n) is 6.35. The van der Waals surface area contributed by atoms with Gasteiger partial charge >= 0.3 is 12.1 Å². The second-order valence-electron chi connectivity index (χ2n) is 4.29. The number of rotatable bonds is 6. The maximum Gasteiger partial charge on any atom is 0.471 e. The van der Waals surface area contributed by atoms with Crippen LogP contribution in [-0.4, -0.2) is 31.1 Å². The molecule has 0 saturated heterocycles. The summed E-state index contributed by atoms with van der Waals surface area (Å²) in [7, 11) is 0. The summed E-state index contributed by atoms with van der Waals surface area (Å²) in [5.74, 6) is -2.34. The van der Waals surface area contributed by atoms with E-state index in [1.165, 1.54) is 6.08 Å². The highest BCUT2D eigenvalue weighted by Crippen LogP contribution is 2.14. The first kappa shape index (κ1) is 18.2. The van der Waals surface area contributed by atoms with E-state index in [0.717, 1.165) is 10.0 Å². The molecule has 1 aromatic carbocycles. The Labute approximate surface area is 133 Å². The zero-order valence-corrected chi connectivity index (χ0v) is 13.0. The molecule has 0 atom stereocenters. The van der Waals surface area contributed by atoms with E-state index in [0.29, 0.717) is 0 Å². The van der Waals surface area contributed by atoms with Gasteiger partial charge in [-0.1, -0.05) is 28.1 Å². The first-order chi connectivity index (χ1) is 10.3. The summed E-state index contributed by atoms with van der Waals surface area (Å²) >= 11 is 3.30. The molecule has 120 valence electrons. The van der Waals surface area contributed by atoms with Gasteiger partial charge in [0.25, 0.3) is 0 Å². The van der Waals surface area contributed by atoms with Gasteiger partial charge in [-0.2, -0.15) is 13.2 Å². The minimum atomic E-state index is -4.88. The van der Waals surface area contributed by atoms with Gasteiger partial charge in [-0.3, -0.25) is 9.59 Å². The first-order valence-corrected chi connectivity index (χ1v) is 7.15. The number of halogens is 4. The molecule has 0 aliphatic heterocycles. The van der Waals surface area contributed by atoms with E-state index in [9.17, 15) is 22.8 Å². The van der Waals surface area contributed by atoms with Crippen LogP contribution < -0.4 is 10.6 Å². The standard InChI is InChI=1S/C14H14BrF3N2O2/c15-11-4-1-3-10(9-11)5-6-12(21)19-7-2-8-20-13(22)14(16,17)18/h1,3-6,9H,2,7-8H2,(H,19,21)(H,20,22)/b6-5+. The maximum atomic E-state index is 11.9. The topological polar surface area (TPSA) is 58.2 Å². The quantitative estimate of drug-likeness (QED) is 0.590. The lowest BCUT2D eigenvalue weighted by atomic mass is 10.2. The second-order valence-corrected chi connectivity index (χ2v) is 5.20. The zero-order chi connectivity index (χ0) is 16.6. The summed E-state index contributed by atoms with van der Waals surface area (Å²) in [5, 5.41) is 4.23. The van der Waals surface area contributed by atoms with Crippen LogP contribution in [0.4, 0.5) is 13.2 Å². The van der Waals surface area contributed by atoms with Gasteiger partial charge in [-0.25, -0.2) is 0 Å². The lowest BCUT2D eigenvalue weighted by Crippen LogP contribution is -2.38. The van der Waals surface area contributed by atoms with Crippen molar-refractivity contribution in [1.29, 1.82) is 0 Å². The van der Waals surface area contributed by atoms with Crippen molar-refractivity contribution in [3.05, 3.63) is 40.4 Å². The molecule has 2 amide bonds. The highest BCUT2D eigenvalue weighted by Gasteiger charge is 2.38. The largest absolute Gasteiger partial charge is 0.471 e. The fourth-order valence-corrected chi connectivity index (χ4v) is 1.86. The Morgan fingerprint density at radius 3 is 2.50 bits per heavy atom. The Morgan fingerprint density at radius 1 is 1.18 bits per heavy atom. The van der Waals surface area contributed by atoms with Crippen LogP contribution in [0.1, 0.15) is 12.0 Å². The van der Waals surface area contributed by atoms with Crippen molar-refractivity contribution in [2.45, 2.75) is 12.6 Å². The minimum absolute atomic E-state index is 0.159. The summed E-state index contributed by atoms with van der Waals surface area (Å²) in [5.41, 5.74) is 0.835. The molecule has 0 aliphatic carbocycles. The third kappa shape index (κ3) is 7.26. The summed E-state index contributed by atoms with van der Waals surface area (Å²) in [6, 6.07) is 7.33. The molecule has 0 radical (unpaired) electrons. The van der Waals surface area contributed by atoms with E-state index >= 15 is 0 Å². The third-order valence-electron chi connectivity index (χ3n) is 2.47. The Bertz CT molecular complexity index is 559. The van der Waals surface area contributed by atoms with Crippen molar-refractivity contribution in [2.24, 2.45) is 0 Å². The Morgan fingerprint density at radius 2 is 1.86 bits per heavy atom. The van der Waals surface area contributed by atoms with E-state index < -0.39 is 12.1 Å². The van der Waals surface area contributed by atoms with Crippen molar-refractivity contribution >= 4 is 33.8 Å². The SMILES string of the molecule is O=C(/C=C/c1cccc(Br)c1)NCCCNC(=O)C(F)(F)F. The molecule has 22 heavy (non-hydrogen) atoms. The van der Waals surface area contributed by atoms with Crippen LogP contribution in [0.2, 0.25) is 0 Å². The number of hydrogen-bond donors (Lipinski definition) is 2. The second kappa shape index (κ2) is 8.57. The van der Waals surface area contributed by atoms with Crippen LogP contribution in [0.25, 0.3) is 6.08 Å². The molecule has 0 bridgehead atoms. The van der Waals surface area contributed by atoms with Crippen molar-refractivity contribution < 1.29 is 22.8 Å². The van der Waals surface area contributed by atoms with Gasteiger partial charge in [-0.15, -0.1) is 0 Å². The van der Waals surface area contributed by atoms with E-state index in [-0.39, 0.29) is 25.4 Å². The molecule has 0 spiro atoms. The number of alkyl halides is 3. The van der Waals surface area contributed by atoms with Crippen LogP contribution in [-0.2, 0) is 9.59 Å². The van der Waals surface area contributed by atoms with Crippen LogP contribution in [0.5, 0.6) is 0 Å². The molecular formula is C14H14BrF3N2O2. The van der Waals surface area contributed by atoms with E-state index in [1.807, 2.05) is 24.3 Å². The number of benzene rings is 1. The third-order valence-corrected chi connectivity index (χ3v) is 2.96. The fraction of sp³-hybridized carbons (Fsp3) is 0.286. The maximum absolute atomic E-state index is 11.9. The smallest absolute Gasteiger partial charge is 0.352 e. The average Bonchev–Trinajstić information content (AvgIpc) is 2.43. The number of nitrogens with one attached hydrogen (secondary N) is 2. The fourth-order valence-electron chi connectivity index (χ4n) is 1.44. The summed E-state index contributed by atoms with van der Waals surface area (Å²) < 4.78 is 36.5. The van der Waals surface area contributed by atoms with E-state index in [2.05, 4.69) is 21.2 Å². The molecule has 0 aromatic heterocycles. The highest BCUT2D eigenvalue weighted by atomic mass is 79.9. The lowest BCUT2D eigenvalue weighted by molar-refractivity contribution is -0.173. The minimum Gasteiger partial charge on any atom is -0.352 e. The van der Waals surface area contributed by atoms with Gasteiger partial charge in [0.15, 0.2) is 0 Å². The number of carbonyl (C=O) groups excluding carboxylic acids is 2. The van der Waals surface area contributed by atoms with E-state index in [1.54, 1.807) is 11.4 Å². The number of carbonyl (C=O) groups is 2. The number of hydrogen-bond acceptors (Lipinski definition) is 2. The van der Waals surface area contributed by atoms with Gasteiger partial charge in [0.05, 0.1) is 0 Å². The van der Waals surface area contributed by atoms with Crippen LogP contribution in [0.3, 0.4) is 0 Å². The van der Waals surface area contributed by atoms with Crippen molar-refractivity contribution in [3.8, 4) is 0 Å². The van der Waals surface area contributed by atoms with E-state index in [4.69, 9.17) is 0 Å². The Hall–Kier alpha value is -1.83. The molecule has 2 N–H and O–H groups in total.